The van der Waals surface area contributed by atoms with Gasteiger partial charge in [-0.3, -0.25) is 0 Å². The summed E-state index contributed by atoms with van der Waals surface area (Å²) in [6.45, 7) is 5.38. The fourth-order valence-corrected chi connectivity index (χ4v) is 1.91. The largest absolute Gasteiger partial charge is 0.508 e. The molecule has 2 rings (SSSR count). The van der Waals surface area contributed by atoms with Crippen molar-refractivity contribution in [2.75, 3.05) is 11.9 Å². The standard InChI is InChI=1S/C16H19NO2/c1-3-19-15-7-4-13(5-8-15)11-17-16-9-6-14(18)10-12(16)2/h4-10,17-18H,3,11H2,1-2H3. The molecule has 0 aliphatic heterocycles. The van der Waals surface area contributed by atoms with Crippen LogP contribution in [0.4, 0.5) is 5.69 Å². The Morgan fingerprint density at radius 2 is 1.84 bits per heavy atom. The normalized spacial score (nSPS) is 10.2. The molecule has 0 spiro atoms. The second-order valence-corrected chi connectivity index (χ2v) is 4.43. The van der Waals surface area contributed by atoms with Gasteiger partial charge in [0.05, 0.1) is 6.61 Å². The molecule has 0 amide bonds. The summed E-state index contributed by atoms with van der Waals surface area (Å²) in [5.74, 6) is 1.19. The first-order chi connectivity index (χ1) is 9.19. The van der Waals surface area contributed by atoms with E-state index in [1.807, 2.05) is 44.2 Å². The van der Waals surface area contributed by atoms with E-state index in [2.05, 4.69) is 5.32 Å². The molecule has 0 fully saturated rings. The molecular formula is C16H19NO2. The number of anilines is 1. The van der Waals surface area contributed by atoms with Crippen LogP contribution in [0.25, 0.3) is 0 Å². The smallest absolute Gasteiger partial charge is 0.119 e. The molecule has 0 bridgehead atoms. The van der Waals surface area contributed by atoms with E-state index in [4.69, 9.17) is 4.74 Å². The first-order valence-corrected chi connectivity index (χ1v) is 6.44. The van der Waals surface area contributed by atoms with Crippen molar-refractivity contribution in [3.63, 3.8) is 0 Å². The van der Waals surface area contributed by atoms with Gasteiger partial charge in [0.15, 0.2) is 0 Å². The molecule has 0 aromatic heterocycles. The Balaban J connectivity index is 1.98. The van der Waals surface area contributed by atoms with Crippen LogP contribution in [0.15, 0.2) is 42.5 Å². The lowest BCUT2D eigenvalue weighted by atomic mass is 10.1. The fourth-order valence-electron chi connectivity index (χ4n) is 1.91. The minimum atomic E-state index is 0.295. The van der Waals surface area contributed by atoms with Crippen LogP contribution in [0.3, 0.4) is 0 Å². The molecule has 0 saturated heterocycles. The number of aryl methyl sites for hydroxylation is 1. The Morgan fingerprint density at radius 1 is 1.11 bits per heavy atom. The first kappa shape index (κ1) is 13.3. The van der Waals surface area contributed by atoms with E-state index < -0.39 is 0 Å². The van der Waals surface area contributed by atoms with E-state index in [1.54, 1.807) is 12.1 Å². The number of phenolic OH excluding ortho intramolecular Hbond substituents is 1. The summed E-state index contributed by atoms with van der Waals surface area (Å²) in [5.41, 5.74) is 3.26. The highest BCUT2D eigenvalue weighted by atomic mass is 16.5. The average Bonchev–Trinajstić information content (AvgIpc) is 2.40. The van der Waals surface area contributed by atoms with Crippen molar-refractivity contribution in [1.29, 1.82) is 0 Å². The zero-order chi connectivity index (χ0) is 13.7. The number of hydrogen-bond acceptors (Lipinski definition) is 3. The Morgan fingerprint density at radius 3 is 2.47 bits per heavy atom. The van der Waals surface area contributed by atoms with Gasteiger partial charge in [-0.1, -0.05) is 12.1 Å². The number of benzene rings is 2. The summed E-state index contributed by atoms with van der Waals surface area (Å²) >= 11 is 0. The van der Waals surface area contributed by atoms with E-state index in [0.29, 0.717) is 12.4 Å². The fraction of sp³-hybridized carbons (Fsp3) is 0.250. The van der Waals surface area contributed by atoms with E-state index >= 15 is 0 Å². The van der Waals surface area contributed by atoms with Gasteiger partial charge in [0, 0.05) is 12.2 Å². The van der Waals surface area contributed by atoms with Crippen LogP contribution < -0.4 is 10.1 Å². The lowest BCUT2D eigenvalue weighted by Gasteiger charge is -2.10. The molecule has 19 heavy (non-hydrogen) atoms. The summed E-state index contributed by atoms with van der Waals surface area (Å²) in [4.78, 5) is 0. The molecule has 0 saturated carbocycles. The Kier molecular flexibility index (Phi) is 4.29. The minimum absolute atomic E-state index is 0.295. The lowest BCUT2D eigenvalue weighted by molar-refractivity contribution is 0.340. The SMILES string of the molecule is CCOc1ccc(CNc2ccc(O)cc2C)cc1. The van der Waals surface area contributed by atoms with Crippen molar-refractivity contribution in [1.82, 2.24) is 0 Å². The van der Waals surface area contributed by atoms with Gasteiger partial charge in [-0.2, -0.15) is 0 Å². The third-order valence-electron chi connectivity index (χ3n) is 2.93. The summed E-state index contributed by atoms with van der Waals surface area (Å²) in [6, 6.07) is 13.4. The quantitative estimate of drug-likeness (QED) is 0.802. The van der Waals surface area contributed by atoms with Crippen LogP contribution in [-0.4, -0.2) is 11.7 Å². The topological polar surface area (TPSA) is 41.5 Å². The molecule has 2 aromatic rings. The predicted molar refractivity (Wildman–Crippen MR) is 77.8 cm³/mol. The highest BCUT2D eigenvalue weighted by molar-refractivity contribution is 5.53. The van der Waals surface area contributed by atoms with Gasteiger partial charge in [0.1, 0.15) is 11.5 Å². The number of rotatable bonds is 5. The van der Waals surface area contributed by atoms with Crippen molar-refractivity contribution in [2.24, 2.45) is 0 Å². The van der Waals surface area contributed by atoms with Crippen LogP contribution in [0, 0.1) is 6.92 Å². The molecule has 100 valence electrons. The van der Waals surface area contributed by atoms with Crippen molar-refractivity contribution in [3.05, 3.63) is 53.6 Å². The number of aromatic hydroxyl groups is 1. The second kappa shape index (κ2) is 6.14. The van der Waals surface area contributed by atoms with Crippen molar-refractivity contribution in [3.8, 4) is 11.5 Å². The molecule has 3 heteroatoms. The zero-order valence-corrected chi connectivity index (χ0v) is 11.3. The zero-order valence-electron chi connectivity index (χ0n) is 11.3. The van der Waals surface area contributed by atoms with E-state index in [-0.39, 0.29) is 0 Å². The van der Waals surface area contributed by atoms with Gasteiger partial charge >= 0.3 is 0 Å². The second-order valence-electron chi connectivity index (χ2n) is 4.43. The maximum atomic E-state index is 9.36. The van der Waals surface area contributed by atoms with Crippen molar-refractivity contribution in [2.45, 2.75) is 20.4 Å². The van der Waals surface area contributed by atoms with Crippen molar-refractivity contribution >= 4 is 5.69 Å². The van der Waals surface area contributed by atoms with Gasteiger partial charge in [-0.05, 0) is 55.3 Å². The summed E-state index contributed by atoms with van der Waals surface area (Å²) in [6.07, 6.45) is 0. The number of nitrogens with one attached hydrogen (secondary N) is 1. The molecule has 2 aromatic carbocycles. The third kappa shape index (κ3) is 3.65. The Labute approximate surface area is 113 Å². The average molecular weight is 257 g/mol. The molecular weight excluding hydrogens is 238 g/mol. The van der Waals surface area contributed by atoms with Crippen molar-refractivity contribution < 1.29 is 9.84 Å². The maximum absolute atomic E-state index is 9.36. The van der Waals surface area contributed by atoms with Gasteiger partial charge in [0.2, 0.25) is 0 Å². The summed E-state index contributed by atoms with van der Waals surface area (Å²) in [5, 5.41) is 12.7. The molecule has 0 unspecified atom stereocenters. The molecule has 3 nitrogen and oxygen atoms in total. The molecule has 0 aliphatic rings. The highest BCUT2D eigenvalue weighted by Gasteiger charge is 2.00. The van der Waals surface area contributed by atoms with Crippen LogP contribution >= 0.6 is 0 Å². The van der Waals surface area contributed by atoms with E-state index in [0.717, 1.165) is 23.5 Å². The van der Waals surface area contributed by atoms with Gasteiger partial charge in [-0.25, -0.2) is 0 Å². The van der Waals surface area contributed by atoms with Crippen LogP contribution in [-0.2, 0) is 6.54 Å². The molecule has 2 N–H and O–H groups in total. The molecule has 0 atom stereocenters. The molecule has 0 radical (unpaired) electrons. The minimum Gasteiger partial charge on any atom is -0.508 e. The van der Waals surface area contributed by atoms with Crippen LogP contribution in [0.5, 0.6) is 11.5 Å². The van der Waals surface area contributed by atoms with Gasteiger partial charge in [0.25, 0.3) is 0 Å². The number of phenols is 1. The summed E-state index contributed by atoms with van der Waals surface area (Å²) < 4.78 is 5.41. The monoisotopic (exact) mass is 257 g/mol. The third-order valence-corrected chi connectivity index (χ3v) is 2.93. The number of hydrogen-bond donors (Lipinski definition) is 2. The van der Waals surface area contributed by atoms with Gasteiger partial charge < -0.3 is 15.2 Å². The maximum Gasteiger partial charge on any atom is 0.119 e. The van der Waals surface area contributed by atoms with Gasteiger partial charge in [-0.15, -0.1) is 0 Å². The van der Waals surface area contributed by atoms with Crippen LogP contribution in [0.2, 0.25) is 0 Å². The summed E-state index contributed by atoms with van der Waals surface area (Å²) in [7, 11) is 0. The first-order valence-electron chi connectivity index (χ1n) is 6.44. The van der Waals surface area contributed by atoms with Crippen LogP contribution in [0.1, 0.15) is 18.1 Å². The Hall–Kier alpha value is -2.16. The highest BCUT2D eigenvalue weighted by Crippen LogP contribution is 2.21. The van der Waals surface area contributed by atoms with E-state index in [9.17, 15) is 5.11 Å². The lowest BCUT2D eigenvalue weighted by Crippen LogP contribution is -2.01. The molecule has 0 aliphatic carbocycles. The molecule has 0 heterocycles. The van der Waals surface area contributed by atoms with E-state index in [1.165, 1.54) is 5.56 Å². The number of ether oxygens (including phenoxy) is 1. The Bertz CT molecular complexity index is 535. The predicted octanol–water partition coefficient (Wildman–Crippen LogP) is 3.71.